The second-order valence-corrected chi connectivity index (χ2v) is 8.16. The fourth-order valence-corrected chi connectivity index (χ4v) is 3.87. The lowest BCUT2D eigenvalue weighted by atomic mass is 10.1. The van der Waals surface area contributed by atoms with Crippen LogP contribution >= 0.6 is 23.4 Å². The summed E-state index contributed by atoms with van der Waals surface area (Å²) in [4.78, 5) is 12.3. The summed E-state index contributed by atoms with van der Waals surface area (Å²) >= 11 is 7.07. The number of alkyl halides is 3. The van der Waals surface area contributed by atoms with Crippen LogP contribution in [0.25, 0.3) is 0 Å². The SMILES string of the molecule is C=CCn1c(CCc2ccccc2)nnc1SCC(=O)Nc1cc(C(F)(F)F)ccc1Cl. The summed E-state index contributed by atoms with van der Waals surface area (Å²) in [5, 5.41) is 11.4. The highest BCUT2D eigenvalue weighted by atomic mass is 35.5. The molecule has 0 aliphatic heterocycles. The van der Waals surface area contributed by atoms with Crippen molar-refractivity contribution >= 4 is 35.0 Å². The summed E-state index contributed by atoms with van der Waals surface area (Å²) in [6.45, 7) is 4.23. The van der Waals surface area contributed by atoms with Crippen LogP contribution in [-0.2, 0) is 30.4 Å². The lowest BCUT2D eigenvalue weighted by molar-refractivity contribution is -0.137. The molecular weight excluding hydrogens is 461 g/mol. The number of thioether (sulfide) groups is 1. The fourth-order valence-electron chi connectivity index (χ4n) is 2.94. The van der Waals surface area contributed by atoms with Crippen molar-refractivity contribution in [3.05, 3.63) is 83.2 Å². The molecule has 0 saturated carbocycles. The monoisotopic (exact) mass is 480 g/mol. The van der Waals surface area contributed by atoms with Gasteiger partial charge in [-0.3, -0.25) is 4.79 Å². The molecule has 168 valence electrons. The largest absolute Gasteiger partial charge is 0.416 e. The highest BCUT2D eigenvalue weighted by Gasteiger charge is 2.31. The first kappa shape index (κ1) is 23.9. The quantitative estimate of drug-likeness (QED) is 0.317. The summed E-state index contributed by atoms with van der Waals surface area (Å²) < 4.78 is 40.6. The van der Waals surface area contributed by atoms with Gasteiger partial charge in [-0.1, -0.05) is 59.8 Å². The molecule has 0 bridgehead atoms. The lowest BCUT2D eigenvalue weighted by Gasteiger charge is -2.12. The summed E-state index contributed by atoms with van der Waals surface area (Å²) in [6.07, 6.45) is -1.37. The molecule has 0 saturated heterocycles. The zero-order valence-electron chi connectivity index (χ0n) is 16.9. The molecular formula is C22H20ClF3N4OS. The lowest BCUT2D eigenvalue weighted by Crippen LogP contribution is -2.16. The van der Waals surface area contributed by atoms with Crippen LogP contribution in [0.4, 0.5) is 18.9 Å². The Morgan fingerprint density at radius 1 is 1.16 bits per heavy atom. The fraction of sp³-hybridized carbons (Fsp3) is 0.227. The zero-order valence-corrected chi connectivity index (χ0v) is 18.5. The van der Waals surface area contributed by atoms with Gasteiger partial charge in [0.2, 0.25) is 5.91 Å². The molecule has 0 fully saturated rings. The van der Waals surface area contributed by atoms with E-state index in [0.717, 1.165) is 42.2 Å². The number of nitrogens with zero attached hydrogens (tertiary/aromatic N) is 3. The molecule has 0 aliphatic rings. The molecule has 0 unspecified atom stereocenters. The number of carbonyl (C=O) groups excluding carboxylic acids is 1. The van der Waals surface area contributed by atoms with Crippen LogP contribution in [0, 0.1) is 0 Å². The van der Waals surface area contributed by atoms with Crippen molar-refractivity contribution in [3.63, 3.8) is 0 Å². The van der Waals surface area contributed by atoms with Gasteiger partial charge in [-0.05, 0) is 30.2 Å². The minimum Gasteiger partial charge on any atom is -0.324 e. The summed E-state index contributed by atoms with van der Waals surface area (Å²) in [7, 11) is 0. The van der Waals surface area contributed by atoms with Crippen LogP contribution in [0.2, 0.25) is 5.02 Å². The van der Waals surface area contributed by atoms with Crippen molar-refractivity contribution < 1.29 is 18.0 Å². The van der Waals surface area contributed by atoms with E-state index in [1.165, 1.54) is 5.56 Å². The summed E-state index contributed by atoms with van der Waals surface area (Å²) in [6, 6.07) is 12.7. The van der Waals surface area contributed by atoms with E-state index >= 15 is 0 Å². The molecule has 5 nitrogen and oxygen atoms in total. The van der Waals surface area contributed by atoms with Crippen molar-refractivity contribution in [2.24, 2.45) is 0 Å². The van der Waals surface area contributed by atoms with Gasteiger partial charge in [-0.15, -0.1) is 16.8 Å². The molecule has 1 amide bonds. The van der Waals surface area contributed by atoms with Crippen LogP contribution in [-0.4, -0.2) is 26.4 Å². The van der Waals surface area contributed by atoms with Crippen molar-refractivity contribution in [1.29, 1.82) is 0 Å². The second-order valence-electron chi connectivity index (χ2n) is 6.81. The number of nitrogens with one attached hydrogen (secondary N) is 1. The van der Waals surface area contributed by atoms with E-state index in [2.05, 4.69) is 22.1 Å². The number of aryl methyl sites for hydroxylation is 2. The van der Waals surface area contributed by atoms with Crippen LogP contribution in [0.15, 0.2) is 66.3 Å². The maximum absolute atomic E-state index is 12.9. The number of carbonyl (C=O) groups is 1. The Hall–Kier alpha value is -2.78. The van der Waals surface area contributed by atoms with Gasteiger partial charge >= 0.3 is 6.18 Å². The maximum atomic E-state index is 12.9. The molecule has 0 spiro atoms. The van der Waals surface area contributed by atoms with Gasteiger partial charge in [0.25, 0.3) is 0 Å². The van der Waals surface area contributed by atoms with E-state index in [1.54, 1.807) is 6.08 Å². The number of halogens is 4. The Balaban J connectivity index is 1.64. The molecule has 3 aromatic rings. The molecule has 3 rings (SSSR count). The van der Waals surface area contributed by atoms with E-state index < -0.39 is 17.6 Å². The van der Waals surface area contributed by atoms with E-state index in [-0.39, 0.29) is 16.5 Å². The standard InChI is InChI=1S/C22H20ClF3N4OS/c1-2-12-30-19(11-8-15-6-4-3-5-7-15)28-29-21(30)32-14-20(31)27-18-13-16(22(24,25)26)9-10-17(18)23/h2-7,9-10,13H,1,8,11-12,14H2,(H,27,31). The van der Waals surface area contributed by atoms with Crippen LogP contribution in [0.1, 0.15) is 17.0 Å². The molecule has 1 heterocycles. The molecule has 1 aromatic heterocycles. The van der Waals surface area contributed by atoms with E-state index in [1.807, 2.05) is 34.9 Å². The van der Waals surface area contributed by atoms with Crippen molar-refractivity contribution in [1.82, 2.24) is 14.8 Å². The highest BCUT2D eigenvalue weighted by molar-refractivity contribution is 7.99. The summed E-state index contributed by atoms with van der Waals surface area (Å²) in [5.41, 5.74) is 0.189. The first-order chi connectivity index (χ1) is 15.3. The van der Waals surface area contributed by atoms with Crippen molar-refractivity contribution in [2.75, 3.05) is 11.1 Å². The minimum absolute atomic E-state index is 0.0226. The third kappa shape index (κ3) is 6.37. The Morgan fingerprint density at radius 2 is 1.91 bits per heavy atom. The van der Waals surface area contributed by atoms with Gasteiger partial charge < -0.3 is 9.88 Å². The molecule has 2 aromatic carbocycles. The van der Waals surface area contributed by atoms with Crippen LogP contribution < -0.4 is 5.32 Å². The van der Waals surface area contributed by atoms with Gasteiger partial charge in [-0.2, -0.15) is 13.2 Å². The Morgan fingerprint density at radius 3 is 2.59 bits per heavy atom. The number of aromatic nitrogens is 3. The Labute approximate surface area is 192 Å². The minimum atomic E-state index is -4.53. The Bertz CT molecular complexity index is 1090. The van der Waals surface area contributed by atoms with Crippen molar-refractivity contribution in [2.45, 2.75) is 30.7 Å². The van der Waals surface area contributed by atoms with E-state index in [0.29, 0.717) is 18.1 Å². The molecule has 32 heavy (non-hydrogen) atoms. The topological polar surface area (TPSA) is 59.8 Å². The van der Waals surface area contributed by atoms with Gasteiger partial charge in [-0.25, -0.2) is 0 Å². The second kappa shape index (κ2) is 10.7. The van der Waals surface area contributed by atoms with Gasteiger partial charge in [0.1, 0.15) is 5.82 Å². The first-order valence-electron chi connectivity index (χ1n) is 9.64. The van der Waals surface area contributed by atoms with Gasteiger partial charge in [0.05, 0.1) is 22.0 Å². The average Bonchev–Trinajstić information content (AvgIpc) is 3.14. The third-order valence-corrected chi connectivity index (χ3v) is 5.78. The number of anilines is 1. The van der Waals surface area contributed by atoms with E-state index in [4.69, 9.17) is 11.6 Å². The number of amides is 1. The number of rotatable bonds is 9. The molecule has 0 radical (unpaired) electrons. The zero-order chi connectivity index (χ0) is 23.1. The predicted octanol–water partition coefficient (Wildman–Crippen LogP) is 5.65. The molecule has 0 aliphatic carbocycles. The normalized spacial score (nSPS) is 11.4. The number of hydrogen-bond donors (Lipinski definition) is 1. The number of benzene rings is 2. The average molecular weight is 481 g/mol. The van der Waals surface area contributed by atoms with Crippen LogP contribution in [0.5, 0.6) is 0 Å². The smallest absolute Gasteiger partial charge is 0.324 e. The first-order valence-corrected chi connectivity index (χ1v) is 11.0. The van der Waals surface area contributed by atoms with Gasteiger partial charge in [0, 0.05) is 13.0 Å². The third-order valence-electron chi connectivity index (χ3n) is 4.49. The van der Waals surface area contributed by atoms with Gasteiger partial charge in [0.15, 0.2) is 5.16 Å². The Kier molecular flexibility index (Phi) is 7.98. The maximum Gasteiger partial charge on any atom is 0.416 e. The highest BCUT2D eigenvalue weighted by Crippen LogP contribution is 2.34. The molecule has 0 atom stereocenters. The van der Waals surface area contributed by atoms with E-state index in [9.17, 15) is 18.0 Å². The van der Waals surface area contributed by atoms with Crippen LogP contribution in [0.3, 0.4) is 0 Å². The number of allylic oxidation sites excluding steroid dienone is 1. The molecule has 1 N–H and O–H groups in total. The summed E-state index contributed by atoms with van der Waals surface area (Å²) in [5.74, 6) is 0.188. The number of hydrogen-bond acceptors (Lipinski definition) is 4. The molecule has 10 heteroatoms. The van der Waals surface area contributed by atoms with Crippen molar-refractivity contribution in [3.8, 4) is 0 Å². The predicted molar refractivity (Wildman–Crippen MR) is 120 cm³/mol.